The van der Waals surface area contributed by atoms with Crippen molar-refractivity contribution >= 4 is 34.9 Å². The summed E-state index contributed by atoms with van der Waals surface area (Å²) in [6.07, 6.45) is 2.54. The van der Waals surface area contributed by atoms with Gasteiger partial charge in [-0.05, 0) is 40.6 Å². The van der Waals surface area contributed by atoms with Crippen LogP contribution in [0.4, 0.5) is 0 Å². The minimum Gasteiger partial charge on any atom is -0.478 e. The van der Waals surface area contributed by atoms with Gasteiger partial charge in [-0.25, -0.2) is 14.6 Å². The van der Waals surface area contributed by atoms with Gasteiger partial charge in [-0.15, -0.1) is 11.3 Å². The first-order chi connectivity index (χ1) is 18.3. The number of ether oxygens (including phenoxy) is 1. The average molecular weight is 553 g/mol. The number of aromatic nitrogens is 2. The van der Waals surface area contributed by atoms with E-state index in [1.807, 2.05) is 47.0 Å². The molecule has 0 fully saturated rings. The number of thiophene rings is 1. The van der Waals surface area contributed by atoms with Crippen molar-refractivity contribution in [3.05, 3.63) is 98.2 Å². The highest BCUT2D eigenvalue weighted by Crippen LogP contribution is 2.37. The number of aryl methyl sites for hydroxylation is 1. The van der Waals surface area contributed by atoms with Crippen LogP contribution in [-0.4, -0.2) is 45.4 Å². The number of rotatable bonds is 12. The van der Waals surface area contributed by atoms with Gasteiger partial charge in [0, 0.05) is 25.0 Å². The van der Waals surface area contributed by atoms with E-state index >= 15 is 0 Å². The average Bonchev–Trinajstić information content (AvgIpc) is 3.51. The first kappa shape index (κ1) is 27.6. The Balaban J connectivity index is 1.83. The van der Waals surface area contributed by atoms with Gasteiger partial charge in [0.15, 0.2) is 5.15 Å². The maximum absolute atomic E-state index is 12.2. The second kappa shape index (κ2) is 12.4. The van der Waals surface area contributed by atoms with Crippen molar-refractivity contribution in [1.82, 2.24) is 9.55 Å². The number of benzene rings is 2. The molecule has 1 unspecified atom stereocenters. The molecule has 0 bridgehead atoms. The Labute approximate surface area is 230 Å². The molecule has 0 saturated carbocycles. The van der Waals surface area contributed by atoms with Crippen LogP contribution in [0, 0.1) is 0 Å². The summed E-state index contributed by atoms with van der Waals surface area (Å²) < 4.78 is 7.52. The van der Waals surface area contributed by atoms with Crippen LogP contribution < -0.4 is 0 Å². The molecular weight excluding hydrogens is 524 g/mol. The van der Waals surface area contributed by atoms with Gasteiger partial charge >= 0.3 is 11.9 Å². The van der Waals surface area contributed by atoms with E-state index in [-0.39, 0.29) is 17.7 Å². The fourth-order valence-electron chi connectivity index (χ4n) is 4.65. The van der Waals surface area contributed by atoms with Crippen LogP contribution in [0.3, 0.4) is 0 Å². The smallest absolute Gasteiger partial charge is 0.336 e. The molecule has 2 aromatic carbocycles. The van der Waals surface area contributed by atoms with Gasteiger partial charge in [-0.2, -0.15) is 0 Å². The van der Waals surface area contributed by atoms with Crippen molar-refractivity contribution in [2.45, 2.75) is 38.6 Å². The van der Waals surface area contributed by atoms with Crippen molar-refractivity contribution in [2.24, 2.45) is 0 Å². The van der Waals surface area contributed by atoms with Gasteiger partial charge in [0.2, 0.25) is 0 Å². The molecule has 0 amide bonds. The van der Waals surface area contributed by atoms with Crippen LogP contribution in [0.1, 0.15) is 68.4 Å². The number of methoxy groups -OCH3 is 1. The molecule has 1 atom stereocenters. The molecule has 0 aliphatic rings. The van der Waals surface area contributed by atoms with Gasteiger partial charge < -0.3 is 19.5 Å². The van der Waals surface area contributed by atoms with E-state index in [4.69, 9.17) is 16.3 Å². The Bertz CT molecular complexity index is 1430. The van der Waals surface area contributed by atoms with E-state index in [1.165, 1.54) is 11.3 Å². The quantitative estimate of drug-likeness (QED) is 0.200. The summed E-state index contributed by atoms with van der Waals surface area (Å²) in [5.41, 5.74) is 3.31. The molecule has 7 nitrogen and oxygen atoms in total. The van der Waals surface area contributed by atoms with Crippen molar-refractivity contribution < 1.29 is 24.5 Å². The molecule has 0 spiro atoms. The third kappa shape index (κ3) is 5.83. The number of carbonyl (C=O) groups is 2. The second-order valence-corrected chi connectivity index (χ2v) is 10.3. The van der Waals surface area contributed by atoms with Crippen molar-refractivity contribution in [2.75, 3.05) is 13.7 Å². The fraction of sp³-hybridized carbons (Fsp3) is 0.276. The highest BCUT2D eigenvalue weighted by atomic mass is 35.5. The van der Waals surface area contributed by atoms with Crippen LogP contribution >= 0.6 is 22.9 Å². The summed E-state index contributed by atoms with van der Waals surface area (Å²) >= 11 is 8.08. The van der Waals surface area contributed by atoms with E-state index in [9.17, 15) is 19.8 Å². The molecule has 0 radical (unpaired) electrons. The predicted molar refractivity (Wildman–Crippen MR) is 149 cm³/mol. The monoisotopic (exact) mass is 552 g/mol. The lowest BCUT2D eigenvalue weighted by molar-refractivity contribution is 0.0685. The molecule has 0 saturated heterocycles. The molecule has 4 aromatic rings. The number of carboxylic acids is 2. The molecule has 0 aliphatic heterocycles. The number of imidazole rings is 1. The van der Waals surface area contributed by atoms with Gasteiger partial charge in [0.05, 0.1) is 29.3 Å². The van der Waals surface area contributed by atoms with Gasteiger partial charge in [0.25, 0.3) is 0 Å². The minimum atomic E-state index is -1.02. The van der Waals surface area contributed by atoms with Crippen LogP contribution in [-0.2, 0) is 17.7 Å². The van der Waals surface area contributed by atoms with E-state index < -0.39 is 17.9 Å². The Morgan fingerprint density at radius 2 is 1.82 bits per heavy atom. The van der Waals surface area contributed by atoms with Gasteiger partial charge in [-0.1, -0.05) is 67.4 Å². The number of nitrogens with zero attached hydrogens (tertiary/aromatic N) is 2. The number of hydrogen-bond acceptors (Lipinski definition) is 5. The number of halogens is 1. The predicted octanol–water partition coefficient (Wildman–Crippen LogP) is 6.83. The molecule has 2 heterocycles. The first-order valence-corrected chi connectivity index (χ1v) is 13.6. The fourth-order valence-corrected chi connectivity index (χ4v) is 5.96. The second-order valence-electron chi connectivity index (χ2n) is 8.96. The van der Waals surface area contributed by atoms with E-state index in [0.29, 0.717) is 34.3 Å². The first-order valence-electron chi connectivity index (χ1n) is 12.3. The standard InChI is InChI=1S/C29H29ClN2O5S/c1-3-4-10-24-31-27(30)25(23(17-37-2)26-21(28(33)34)13-14-38-26)32(24)16-18-11-12-20(22(15-18)29(35)36)19-8-6-5-7-9-19/h5-9,11-15,23H,3-4,10,16-17H2,1-2H3,(H,33,34)(H,35,36). The van der Waals surface area contributed by atoms with Crippen molar-refractivity contribution in [1.29, 1.82) is 0 Å². The third-order valence-electron chi connectivity index (χ3n) is 6.44. The maximum atomic E-state index is 12.2. The summed E-state index contributed by atoms with van der Waals surface area (Å²) in [5, 5.41) is 21.8. The minimum absolute atomic E-state index is 0.205. The lowest BCUT2D eigenvalue weighted by Crippen LogP contribution is -2.18. The summed E-state index contributed by atoms with van der Waals surface area (Å²) in [6.45, 7) is 2.64. The summed E-state index contributed by atoms with van der Waals surface area (Å²) in [5.74, 6) is -1.71. The Kier molecular flexibility index (Phi) is 8.99. The third-order valence-corrected chi connectivity index (χ3v) is 7.75. The van der Waals surface area contributed by atoms with Crippen molar-refractivity contribution in [3.8, 4) is 11.1 Å². The number of aromatic carboxylic acids is 2. The molecule has 2 N–H and O–H groups in total. The molecule has 2 aromatic heterocycles. The molecule has 9 heteroatoms. The zero-order valence-electron chi connectivity index (χ0n) is 21.2. The molecule has 38 heavy (non-hydrogen) atoms. The number of unbranched alkanes of at least 4 members (excludes halogenated alkanes) is 1. The van der Waals surface area contributed by atoms with Gasteiger partial charge in [-0.3, -0.25) is 0 Å². The van der Waals surface area contributed by atoms with Crippen LogP contribution in [0.25, 0.3) is 11.1 Å². The lowest BCUT2D eigenvalue weighted by atomic mass is 9.97. The Morgan fingerprint density at radius 1 is 1.08 bits per heavy atom. The van der Waals surface area contributed by atoms with E-state index in [1.54, 1.807) is 24.6 Å². The lowest BCUT2D eigenvalue weighted by Gasteiger charge is -2.21. The molecular formula is C29H29ClN2O5S. The topological polar surface area (TPSA) is 102 Å². The SMILES string of the molecule is CCCCc1nc(Cl)c(C(COC)c2sccc2C(=O)O)n1Cc1ccc(-c2ccccc2)c(C(=O)O)c1. The largest absolute Gasteiger partial charge is 0.478 e. The van der Waals surface area contributed by atoms with E-state index in [0.717, 1.165) is 29.8 Å². The Hall–Kier alpha value is -3.46. The number of hydrogen-bond donors (Lipinski definition) is 2. The van der Waals surface area contributed by atoms with Gasteiger partial charge in [0.1, 0.15) is 5.82 Å². The molecule has 0 aliphatic carbocycles. The maximum Gasteiger partial charge on any atom is 0.336 e. The Morgan fingerprint density at radius 3 is 2.47 bits per heavy atom. The van der Waals surface area contributed by atoms with Crippen LogP contribution in [0.5, 0.6) is 0 Å². The summed E-state index contributed by atoms with van der Waals surface area (Å²) in [6, 6.07) is 16.4. The van der Waals surface area contributed by atoms with Crippen LogP contribution in [0.2, 0.25) is 5.15 Å². The van der Waals surface area contributed by atoms with Crippen LogP contribution in [0.15, 0.2) is 60.0 Å². The summed E-state index contributed by atoms with van der Waals surface area (Å²) in [7, 11) is 1.56. The van der Waals surface area contributed by atoms with Crippen molar-refractivity contribution in [3.63, 3.8) is 0 Å². The highest BCUT2D eigenvalue weighted by molar-refractivity contribution is 7.10. The highest BCUT2D eigenvalue weighted by Gasteiger charge is 2.30. The zero-order valence-corrected chi connectivity index (χ0v) is 22.8. The normalized spacial score (nSPS) is 12.0. The number of carboxylic acid groups (broad SMARTS) is 2. The zero-order chi connectivity index (χ0) is 27.2. The molecule has 4 rings (SSSR count). The molecule has 198 valence electrons. The van der Waals surface area contributed by atoms with E-state index in [2.05, 4.69) is 11.9 Å². The summed E-state index contributed by atoms with van der Waals surface area (Å²) in [4.78, 5) is 29.5.